The van der Waals surface area contributed by atoms with Crippen molar-refractivity contribution in [3.63, 3.8) is 0 Å². The number of hydrogen-bond donors (Lipinski definition) is 0. The molecule has 0 aliphatic heterocycles. The van der Waals surface area contributed by atoms with Crippen molar-refractivity contribution < 1.29 is 13.2 Å². The van der Waals surface area contributed by atoms with Gasteiger partial charge in [-0.25, -0.2) is 8.42 Å². The zero-order valence-electron chi connectivity index (χ0n) is 12.3. The molecule has 2 aromatic carbocycles. The number of nitriles is 1. The van der Waals surface area contributed by atoms with Crippen LogP contribution < -0.4 is 4.74 Å². The van der Waals surface area contributed by atoms with Gasteiger partial charge in [-0.2, -0.15) is 10.4 Å². The molecule has 0 bridgehead atoms. The highest BCUT2D eigenvalue weighted by Gasteiger charge is 2.17. The predicted octanol–water partition coefficient (Wildman–Crippen LogP) is 2.97. The molecule has 0 spiro atoms. The fourth-order valence-electron chi connectivity index (χ4n) is 2.01. The van der Waals surface area contributed by atoms with Crippen LogP contribution in [0.3, 0.4) is 0 Å². The number of aromatic nitrogens is 2. The highest BCUT2D eigenvalue weighted by molar-refractivity contribution is 7.91. The second-order valence-corrected chi connectivity index (χ2v) is 6.70. The molecule has 7 heteroatoms. The summed E-state index contributed by atoms with van der Waals surface area (Å²) in [7, 11) is -3.58. The van der Waals surface area contributed by atoms with E-state index in [0.29, 0.717) is 5.75 Å². The summed E-state index contributed by atoms with van der Waals surface area (Å²) in [5.74, 6) is 0.428. The van der Waals surface area contributed by atoms with E-state index in [1.165, 1.54) is 36.5 Å². The maximum Gasteiger partial charge on any atom is 0.256 e. The first-order valence-corrected chi connectivity index (χ1v) is 8.39. The quantitative estimate of drug-likeness (QED) is 0.726. The highest BCUT2D eigenvalue weighted by Crippen LogP contribution is 2.26. The number of ether oxygens (including phenoxy) is 1. The van der Waals surface area contributed by atoms with Crippen molar-refractivity contribution in [1.29, 1.82) is 5.26 Å². The summed E-state index contributed by atoms with van der Waals surface area (Å²) in [5.41, 5.74) is 0.242. The van der Waals surface area contributed by atoms with Crippen molar-refractivity contribution >= 4 is 9.84 Å². The van der Waals surface area contributed by atoms with Crippen LogP contribution in [0.2, 0.25) is 0 Å². The molecular weight excluding hydrogens is 326 g/mol. The van der Waals surface area contributed by atoms with Gasteiger partial charge in [0.15, 0.2) is 0 Å². The largest absolute Gasteiger partial charge is 0.437 e. The molecule has 0 unspecified atom stereocenters. The molecule has 118 valence electrons. The van der Waals surface area contributed by atoms with E-state index >= 15 is 0 Å². The number of benzene rings is 2. The Hall–Kier alpha value is -3.24. The van der Waals surface area contributed by atoms with Crippen LogP contribution in [0.4, 0.5) is 0 Å². The SMILES string of the molecule is N#Cc1ccnnc1Oc1ccc(S(=O)(=O)c2ccccc2)cc1. The van der Waals surface area contributed by atoms with Crippen LogP contribution in [-0.4, -0.2) is 18.6 Å². The number of rotatable bonds is 4. The van der Waals surface area contributed by atoms with Crippen molar-refractivity contribution in [2.45, 2.75) is 9.79 Å². The van der Waals surface area contributed by atoms with Gasteiger partial charge in [0, 0.05) is 0 Å². The lowest BCUT2D eigenvalue weighted by Gasteiger charge is -2.07. The highest BCUT2D eigenvalue weighted by atomic mass is 32.2. The van der Waals surface area contributed by atoms with E-state index in [-0.39, 0.29) is 21.2 Å². The van der Waals surface area contributed by atoms with Crippen LogP contribution in [0.1, 0.15) is 5.56 Å². The van der Waals surface area contributed by atoms with Gasteiger partial charge in [0.05, 0.1) is 16.0 Å². The molecule has 3 rings (SSSR count). The van der Waals surface area contributed by atoms with Crippen LogP contribution in [0.5, 0.6) is 11.6 Å². The monoisotopic (exact) mass is 337 g/mol. The summed E-state index contributed by atoms with van der Waals surface area (Å²) in [6, 6.07) is 17.5. The smallest absolute Gasteiger partial charge is 0.256 e. The van der Waals surface area contributed by atoms with Crippen molar-refractivity contribution in [1.82, 2.24) is 10.2 Å². The summed E-state index contributed by atoms with van der Waals surface area (Å²) in [6.07, 6.45) is 1.39. The fourth-order valence-corrected chi connectivity index (χ4v) is 3.30. The van der Waals surface area contributed by atoms with E-state index in [4.69, 9.17) is 10.00 Å². The van der Waals surface area contributed by atoms with Crippen molar-refractivity contribution in [3.8, 4) is 17.7 Å². The average molecular weight is 337 g/mol. The topological polar surface area (TPSA) is 92.9 Å². The molecule has 0 amide bonds. The van der Waals surface area contributed by atoms with Gasteiger partial charge >= 0.3 is 0 Å². The summed E-state index contributed by atoms with van der Waals surface area (Å²) in [5, 5.41) is 16.4. The molecule has 0 saturated carbocycles. The maximum atomic E-state index is 12.5. The Morgan fingerprint density at radius 3 is 2.25 bits per heavy atom. The Morgan fingerprint density at radius 2 is 1.58 bits per heavy atom. The van der Waals surface area contributed by atoms with Crippen LogP contribution in [0, 0.1) is 11.3 Å². The zero-order chi connectivity index (χ0) is 17.0. The first-order valence-electron chi connectivity index (χ1n) is 6.91. The van der Waals surface area contributed by atoms with Crippen LogP contribution in [-0.2, 0) is 9.84 Å². The lowest BCUT2D eigenvalue weighted by atomic mass is 10.3. The molecule has 0 saturated heterocycles. The van der Waals surface area contributed by atoms with E-state index in [1.807, 2.05) is 6.07 Å². The summed E-state index contributed by atoms with van der Waals surface area (Å²) in [6.45, 7) is 0. The number of hydrogen-bond acceptors (Lipinski definition) is 6. The lowest BCUT2D eigenvalue weighted by molar-refractivity contribution is 0.453. The lowest BCUT2D eigenvalue weighted by Crippen LogP contribution is -2.01. The standard InChI is InChI=1S/C17H11N3O3S/c18-12-13-10-11-19-20-17(13)23-14-6-8-16(9-7-14)24(21,22)15-4-2-1-3-5-15/h1-11H. The van der Waals surface area contributed by atoms with Crippen molar-refractivity contribution in [3.05, 3.63) is 72.4 Å². The molecule has 0 aliphatic rings. The van der Waals surface area contributed by atoms with Crippen LogP contribution in [0.25, 0.3) is 0 Å². The average Bonchev–Trinajstić information content (AvgIpc) is 2.63. The molecule has 1 heterocycles. The van der Waals surface area contributed by atoms with Crippen molar-refractivity contribution in [2.75, 3.05) is 0 Å². The molecule has 24 heavy (non-hydrogen) atoms. The van der Waals surface area contributed by atoms with Crippen molar-refractivity contribution in [2.24, 2.45) is 0 Å². The van der Waals surface area contributed by atoms with E-state index in [0.717, 1.165) is 0 Å². The second-order valence-electron chi connectivity index (χ2n) is 4.75. The minimum atomic E-state index is -3.58. The van der Waals surface area contributed by atoms with Gasteiger partial charge in [-0.1, -0.05) is 18.2 Å². The number of sulfone groups is 1. The van der Waals surface area contributed by atoms with Gasteiger partial charge in [0.2, 0.25) is 9.84 Å². The third-order valence-corrected chi connectivity index (χ3v) is 4.99. The van der Waals surface area contributed by atoms with Gasteiger partial charge in [0.25, 0.3) is 5.88 Å². The molecule has 1 aromatic heterocycles. The summed E-state index contributed by atoms with van der Waals surface area (Å²) >= 11 is 0. The Balaban J connectivity index is 1.88. The summed E-state index contributed by atoms with van der Waals surface area (Å²) in [4.78, 5) is 0.375. The Morgan fingerprint density at radius 1 is 0.917 bits per heavy atom. The Kier molecular flexibility index (Phi) is 4.22. The zero-order valence-corrected chi connectivity index (χ0v) is 13.1. The Labute approximate surface area is 138 Å². The third-order valence-electron chi connectivity index (χ3n) is 3.21. The predicted molar refractivity (Wildman–Crippen MR) is 85.2 cm³/mol. The van der Waals surface area contributed by atoms with Gasteiger partial charge in [0.1, 0.15) is 17.4 Å². The van der Waals surface area contributed by atoms with Gasteiger partial charge in [-0.15, -0.1) is 5.10 Å². The van der Waals surface area contributed by atoms with Crippen LogP contribution in [0.15, 0.2) is 76.7 Å². The molecule has 6 nitrogen and oxygen atoms in total. The second kappa shape index (κ2) is 6.48. The van der Waals surface area contributed by atoms with E-state index in [1.54, 1.807) is 30.3 Å². The van der Waals surface area contributed by atoms with Gasteiger partial charge in [-0.05, 0) is 42.5 Å². The minimum absolute atomic E-state index is 0.0682. The molecule has 0 fully saturated rings. The fraction of sp³-hybridized carbons (Fsp3) is 0. The van der Waals surface area contributed by atoms with E-state index < -0.39 is 9.84 Å². The van der Waals surface area contributed by atoms with Gasteiger partial charge in [-0.3, -0.25) is 0 Å². The first kappa shape index (κ1) is 15.6. The normalized spacial score (nSPS) is 10.8. The minimum Gasteiger partial charge on any atom is -0.437 e. The van der Waals surface area contributed by atoms with E-state index in [2.05, 4.69) is 10.2 Å². The molecular formula is C17H11N3O3S. The molecule has 0 N–H and O–H groups in total. The molecule has 0 aliphatic carbocycles. The Bertz CT molecular complexity index is 995. The number of nitrogens with zero attached hydrogens (tertiary/aromatic N) is 3. The summed E-state index contributed by atoms with van der Waals surface area (Å²) < 4.78 is 30.5. The molecule has 0 atom stereocenters. The van der Waals surface area contributed by atoms with Gasteiger partial charge < -0.3 is 4.74 Å². The maximum absolute atomic E-state index is 12.5. The molecule has 0 radical (unpaired) electrons. The first-order chi connectivity index (χ1) is 11.6. The third kappa shape index (κ3) is 3.09. The molecule has 3 aromatic rings. The van der Waals surface area contributed by atoms with E-state index in [9.17, 15) is 8.42 Å². The van der Waals surface area contributed by atoms with Crippen LogP contribution >= 0.6 is 0 Å².